The molecule has 0 fully saturated rings. The van der Waals surface area contributed by atoms with Crippen LogP contribution in [0.1, 0.15) is 24.5 Å². The van der Waals surface area contributed by atoms with Crippen LogP contribution in [0.2, 0.25) is 0 Å². The van der Waals surface area contributed by atoms with Crippen molar-refractivity contribution in [2.24, 2.45) is 0 Å². The Hall–Kier alpha value is -2.36. The lowest BCUT2D eigenvalue weighted by Crippen LogP contribution is -2.45. The number of halogens is 1. The zero-order valence-corrected chi connectivity index (χ0v) is 12.7. The highest BCUT2D eigenvalue weighted by Crippen LogP contribution is 2.36. The number of carbonyl (C=O) groups excluding carboxylic acids is 1. The van der Waals surface area contributed by atoms with Gasteiger partial charge in [-0.25, -0.2) is 4.39 Å². The highest BCUT2D eigenvalue weighted by Gasteiger charge is 2.33. The molecule has 0 N–H and O–H groups in total. The molecule has 1 heterocycles. The molecule has 1 aliphatic rings. The summed E-state index contributed by atoms with van der Waals surface area (Å²) in [4.78, 5) is 14.4. The molecule has 0 aromatic heterocycles. The molecular weight excluding hydrogens is 281 g/mol. The Bertz CT molecular complexity index is 697. The topological polar surface area (TPSA) is 29.5 Å². The standard InChI is InChI=1S/C18H18FNO2/c1-3-16-18(21)20(11-13-5-7-14(19)8-6-13)15-10-12(2)4-9-17(15)22-16/h4-10,16H,3,11H2,1-2H3. The fraction of sp³-hybridized carbons (Fsp3) is 0.278. The molecule has 1 atom stereocenters. The number of ether oxygens (including phenoxy) is 1. The quantitative estimate of drug-likeness (QED) is 0.862. The molecule has 0 bridgehead atoms. The van der Waals surface area contributed by atoms with E-state index in [-0.39, 0.29) is 11.7 Å². The molecule has 0 aliphatic carbocycles. The molecule has 0 spiro atoms. The van der Waals surface area contributed by atoms with Gasteiger partial charge in [-0.3, -0.25) is 4.79 Å². The maximum absolute atomic E-state index is 13.0. The van der Waals surface area contributed by atoms with Crippen LogP contribution < -0.4 is 9.64 Å². The minimum atomic E-state index is -0.462. The summed E-state index contributed by atoms with van der Waals surface area (Å²) in [6.45, 7) is 4.32. The van der Waals surface area contributed by atoms with Gasteiger partial charge in [-0.05, 0) is 48.7 Å². The van der Waals surface area contributed by atoms with Crippen molar-refractivity contribution in [3.8, 4) is 5.75 Å². The third-order valence-corrected chi connectivity index (χ3v) is 3.84. The molecule has 1 aliphatic heterocycles. The number of carbonyl (C=O) groups is 1. The summed E-state index contributed by atoms with van der Waals surface area (Å²) < 4.78 is 18.8. The van der Waals surface area contributed by atoms with Crippen LogP contribution in [0.4, 0.5) is 10.1 Å². The van der Waals surface area contributed by atoms with E-state index in [9.17, 15) is 9.18 Å². The van der Waals surface area contributed by atoms with E-state index >= 15 is 0 Å². The minimum Gasteiger partial charge on any atom is -0.478 e. The average Bonchev–Trinajstić information content (AvgIpc) is 2.52. The van der Waals surface area contributed by atoms with E-state index in [1.807, 2.05) is 32.0 Å². The summed E-state index contributed by atoms with van der Waals surface area (Å²) in [5.74, 6) is 0.392. The predicted octanol–water partition coefficient (Wildman–Crippen LogP) is 3.84. The Morgan fingerprint density at radius 2 is 1.91 bits per heavy atom. The lowest BCUT2D eigenvalue weighted by molar-refractivity contribution is -0.126. The zero-order valence-electron chi connectivity index (χ0n) is 12.7. The molecule has 2 aromatic rings. The molecule has 0 radical (unpaired) electrons. The third kappa shape index (κ3) is 2.69. The van der Waals surface area contributed by atoms with Crippen molar-refractivity contribution < 1.29 is 13.9 Å². The number of anilines is 1. The number of nitrogens with zero attached hydrogens (tertiary/aromatic N) is 1. The van der Waals surface area contributed by atoms with Gasteiger partial charge in [0, 0.05) is 0 Å². The Morgan fingerprint density at radius 1 is 1.18 bits per heavy atom. The van der Waals surface area contributed by atoms with E-state index in [0.717, 1.165) is 22.6 Å². The van der Waals surface area contributed by atoms with Crippen LogP contribution in [0, 0.1) is 12.7 Å². The first kappa shape index (κ1) is 14.6. The summed E-state index contributed by atoms with van der Waals surface area (Å²) in [6, 6.07) is 12.0. The van der Waals surface area contributed by atoms with E-state index in [0.29, 0.717) is 13.0 Å². The van der Waals surface area contributed by atoms with Crippen LogP contribution in [0.25, 0.3) is 0 Å². The molecular formula is C18H18FNO2. The largest absolute Gasteiger partial charge is 0.478 e. The number of amides is 1. The van der Waals surface area contributed by atoms with E-state index in [4.69, 9.17) is 4.74 Å². The van der Waals surface area contributed by atoms with E-state index < -0.39 is 6.10 Å². The summed E-state index contributed by atoms with van der Waals surface area (Å²) in [5.41, 5.74) is 2.73. The van der Waals surface area contributed by atoms with Crippen LogP contribution in [-0.2, 0) is 11.3 Å². The molecule has 0 saturated heterocycles. The molecule has 4 heteroatoms. The summed E-state index contributed by atoms with van der Waals surface area (Å²) >= 11 is 0. The molecule has 3 rings (SSSR count). The highest BCUT2D eigenvalue weighted by atomic mass is 19.1. The van der Waals surface area contributed by atoms with E-state index in [1.165, 1.54) is 12.1 Å². The van der Waals surface area contributed by atoms with Gasteiger partial charge >= 0.3 is 0 Å². The van der Waals surface area contributed by atoms with Crippen LogP contribution >= 0.6 is 0 Å². The van der Waals surface area contributed by atoms with Gasteiger partial charge in [-0.1, -0.05) is 25.1 Å². The zero-order chi connectivity index (χ0) is 15.7. The van der Waals surface area contributed by atoms with Crippen molar-refractivity contribution in [3.63, 3.8) is 0 Å². The molecule has 114 valence electrons. The Morgan fingerprint density at radius 3 is 2.59 bits per heavy atom. The van der Waals surface area contributed by atoms with E-state index in [2.05, 4.69) is 0 Å². The van der Waals surface area contributed by atoms with Gasteiger partial charge in [0.1, 0.15) is 11.6 Å². The number of hydrogen-bond donors (Lipinski definition) is 0. The first-order valence-corrected chi connectivity index (χ1v) is 7.41. The second-order valence-electron chi connectivity index (χ2n) is 5.54. The van der Waals surface area contributed by atoms with E-state index in [1.54, 1.807) is 17.0 Å². The van der Waals surface area contributed by atoms with Crippen molar-refractivity contribution in [1.82, 2.24) is 0 Å². The second-order valence-corrected chi connectivity index (χ2v) is 5.54. The Labute approximate surface area is 129 Å². The first-order valence-electron chi connectivity index (χ1n) is 7.41. The van der Waals surface area contributed by atoms with Gasteiger partial charge in [0.15, 0.2) is 6.10 Å². The fourth-order valence-electron chi connectivity index (χ4n) is 2.63. The summed E-state index contributed by atoms with van der Waals surface area (Å²) in [7, 11) is 0. The van der Waals surface area contributed by atoms with Gasteiger partial charge in [0.2, 0.25) is 0 Å². The monoisotopic (exact) mass is 299 g/mol. The number of fused-ring (bicyclic) bond motifs is 1. The van der Waals surface area contributed by atoms with Crippen LogP contribution in [-0.4, -0.2) is 12.0 Å². The van der Waals surface area contributed by atoms with Gasteiger partial charge in [0.05, 0.1) is 12.2 Å². The minimum absolute atomic E-state index is 0.0510. The maximum atomic E-state index is 13.0. The molecule has 2 aromatic carbocycles. The predicted molar refractivity (Wildman–Crippen MR) is 83.5 cm³/mol. The summed E-state index contributed by atoms with van der Waals surface area (Å²) in [5, 5.41) is 0. The van der Waals surface area contributed by atoms with Gasteiger partial charge in [0.25, 0.3) is 5.91 Å². The van der Waals surface area contributed by atoms with Crippen molar-refractivity contribution in [1.29, 1.82) is 0 Å². The lowest BCUT2D eigenvalue weighted by atomic mass is 10.1. The first-order chi connectivity index (χ1) is 10.6. The molecule has 0 saturated carbocycles. The molecule has 1 amide bonds. The maximum Gasteiger partial charge on any atom is 0.268 e. The normalized spacial score (nSPS) is 17.1. The molecule has 1 unspecified atom stereocenters. The van der Waals surface area contributed by atoms with Crippen LogP contribution in [0.3, 0.4) is 0 Å². The Kier molecular flexibility index (Phi) is 3.84. The number of hydrogen-bond acceptors (Lipinski definition) is 2. The van der Waals surface area contributed by atoms with Crippen molar-refractivity contribution in [2.75, 3.05) is 4.90 Å². The van der Waals surface area contributed by atoms with Gasteiger partial charge in [-0.2, -0.15) is 0 Å². The Balaban J connectivity index is 1.98. The number of benzene rings is 2. The SMILES string of the molecule is CCC1Oc2ccc(C)cc2N(Cc2ccc(F)cc2)C1=O. The van der Waals surface area contributed by atoms with Gasteiger partial charge in [-0.15, -0.1) is 0 Å². The third-order valence-electron chi connectivity index (χ3n) is 3.84. The van der Waals surface area contributed by atoms with Crippen LogP contribution in [0.15, 0.2) is 42.5 Å². The van der Waals surface area contributed by atoms with Gasteiger partial charge < -0.3 is 9.64 Å². The number of aryl methyl sites for hydroxylation is 1. The van der Waals surface area contributed by atoms with Crippen molar-refractivity contribution >= 4 is 11.6 Å². The second kappa shape index (κ2) is 5.79. The molecule has 3 nitrogen and oxygen atoms in total. The fourth-order valence-corrected chi connectivity index (χ4v) is 2.63. The highest BCUT2D eigenvalue weighted by molar-refractivity contribution is 6.00. The van der Waals surface area contributed by atoms with Crippen LogP contribution in [0.5, 0.6) is 5.75 Å². The molecule has 22 heavy (non-hydrogen) atoms. The van der Waals surface area contributed by atoms with Crippen molar-refractivity contribution in [2.45, 2.75) is 32.9 Å². The average molecular weight is 299 g/mol. The summed E-state index contributed by atoms with van der Waals surface area (Å²) in [6.07, 6.45) is 0.155. The lowest BCUT2D eigenvalue weighted by Gasteiger charge is -2.34. The smallest absolute Gasteiger partial charge is 0.268 e. The number of rotatable bonds is 3. The van der Waals surface area contributed by atoms with Crippen molar-refractivity contribution in [3.05, 3.63) is 59.4 Å².